The first kappa shape index (κ1) is 14.9. The first-order valence-corrected chi connectivity index (χ1v) is 6.36. The number of hydrogen-bond donors (Lipinski definition) is 3. The number of esters is 1. The van der Waals surface area contributed by atoms with Crippen molar-refractivity contribution in [2.24, 2.45) is 5.92 Å². The second-order valence-corrected chi connectivity index (χ2v) is 4.59. The van der Waals surface area contributed by atoms with Crippen LogP contribution in [-0.2, 0) is 14.3 Å². The number of amides is 1. The van der Waals surface area contributed by atoms with Gasteiger partial charge in [-0.1, -0.05) is 0 Å². The van der Waals surface area contributed by atoms with Gasteiger partial charge in [0, 0.05) is 6.42 Å². The molecule has 1 aliphatic heterocycles. The number of hydrogen-bond acceptors (Lipinski definition) is 5. The van der Waals surface area contributed by atoms with Crippen LogP contribution in [0.3, 0.4) is 0 Å². The Morgan fingerprint density at radius 1 is 1.56 bits per heavy atom. The molecule has 2 unspecified atom stereocenters. The van der Waals surface area contributed by atoms with Crippen LogP contribution < -0.4 is 10.6 Å². The van der Waals surface area contributed by atoms with Crippen molar-refractivity contribution in [3.63, 3.8) is 0 Å². The van der Waals surface area contributed by atoms with Gasteiger partial charge in [0.05, 0.1) is 13.7 Å². The van der Waals surface area contributed by atoms with Crippen LogP contribution in [0.5, 0.6) is 0 Å². The van der Waals surface area contributed by atoms with E-state index in [4.69, 9.17) is 0 Å². The van der Waals surface area contributed by atoms with Crippen molar-refractivity contribution < 1.29 is 19.4 Å². The summed E-state index contributed by atoms with van der Waals surface area (Å²) in [5.74, 6) is -0.315. The Labute approximate surface area is 107 Å². The third-order valence-corrected chi connectivity index (χ3v) is 3.14. The minimum atomic E-state index is -1.28. The molecule has 0 bridgehead atoms. The predicted molar refractivity (Wildman–Crippen MR) is 65.9 cm³/mol. The Morgan fingerprint density at radius 2 is 2.33 bits per heavy atom. The first-order valence-electron chi connectivity index (χ1n) is 6.36. The molecule has 0 spiro atoms. The van der Waals surface area contributed by atoms with Gasteiger partial charge in [0.1, 0.15) is 0 Å². The highest BCUT2D eigenvalue weighted by Gasteiger charge is 2.17. The highest BCUT2D eigenvalue weighted by Crippen LogP contribution is 2.15. The number of piperidine rings is 1. The number of aliphatic hydroxyl groups is 1. The van der Waals surface area contributed by atoms with Crippen LogP contribution in [0, 0.1) is 5.92 Å². The third-order valence-electron chi connectivity index (χ3n) is 3.14. The van der Waals surface area contributed by atoms with E-state index >= 15 is 0 Å². The molecule has 1 amide bonds. The second-order valence-electron chi connectivity index (χ2n) is 4.59. The summed E-state index contributed by atoms with van der Waals surface area (Å²) in [5, 5.41) is 15.1. The average molecular weight is 258 g/mol. The fourth-order valence-electron chi connectivity index (χ4n) is 2.02. The largest absolute Gasteiger partial charge is 0.467 e. The molecular weight excluding hydrogens is 236 g/mol. The van der Waals surface area contributed by atoms with Crippen molar-refractivity contribution in [2.75, 3.05) is 26.7 Å². The van der Waals surface area contributed by atoms with Crippen LogP contribution in [0.4, 0.5) is 0 Å². The highest BCUT2D eigenvalue weighted by molar-refractivity contribution is 5.78. The van der Waals surface area contributed by atoms with Gasteiger partial charge in [-0.3, -0.25) is 4.79 Å². The maximum atomic E-state index is 11.5. The summed E-state index contributed by atoms with van der Waals surface area (Å²) in [4.78, 5) is 22.4. The van der Waals surface area contributed by atoms with E-state index < -0.39 is 12.1 Å². The lowest BCUT2D eigenvalue weighted by Gasteiger charge is -2.22. The molecule has 104 valence electrons. The normalized spacial score (nSPS) is 21.1. The highest BCUT2D eigenvalue weighted by atomic mass is 16.5. The molecule has 1 aliphatic rings. The van der Waals surface area contributed by atoms with Gasteiger partial charge >= 0.3 is 5.97 Å². The second kappa shape index (κ2) is 8.05. The monoisotopic (exact) mass is 258 g/mol. The van der Waals surface area contributed by atoms with E-state index in [1.165, 1.54) is 7.11 Å². The number of rotatable bonds is 6. The number of aliphatic hydroxyl groups excluding tert-OH is 1. The van der Waals surface area contributed by atoms with Crippen LogP contribution in [0.25, 0.3) is 0 Å². The van der Waals surface area contributed by atoms with E-state index in [2.05, 4.69) is 15.4 Å². The minimum absolute atomic E-state index is 0.0889. The topological polar surface area (TPSA) is 87.7 Å². The summed E-state index contributed by atoms with van der Waals surface area (Å²) in [5.41, 5.74) is 0. The van der Waals surface area contributed by atoms with Crippen LogP contribution >= 0.6 is 0 Å². The lowest BCUT2D eigenvalue weighted by molar-refractivity contribution is -0.150. The van der Waals surface area contributed by atoms with Crippen molar-refractivity contribution in [3.05, 3.63) is 0 Å². The van der Waals surface area contributed by atoms with Gasteiger partial charge in [0.25, 0.3) is 0 Å². The molecule has 3 N–H and O–H groups in total. The van der Waals surface area contributed by atoms with Crippen molar-refractivity contribution in [3.8, 4) is 0 Å². The van der Waals surface area contributed by atoms with Crippen molar-refractivity contribution >= 4 is 11.9 Å². The quantitative estimate of drug-likeness (QED) is 0.555. The summed E-state index contributed by atoms with van der Waals surface area (Å²) >= 11 is 0. The maximum absolute atomic E-state index is 11.5. The van der Waals surface area contributed by atoms with Gasteiger partial charge in [-0.15, -0.1) is 0 Å². The first-order chi connectivity index (χ1) is 8.63. The van der Waals surface area contributed by atoms with Crippen LogP contribution in [0.2, 0.25) is 0 Å². The Morgan fingerprint density at radius 3 is 2.94 bits per heavy atom. The molecule has 6 nitrogen and oxygen atoms in total. The molecule has 0 radical (unpaired) electrons. The van der Waals surface area contributed by atoms with Gasteiger partial charge in [-0.25, -0.2) is 4.79 Å². The summed E-state index contributed by atoms with van der Waals surface area (Å²) in [6.45, 7) is 1.94. The molecule has 0 aromatic rings. The SMILES string of the molecule is COC(=O)C(O)CNC(=O)CCC1CCCNC1. The maximum Gasteiger partial charge on any atom is 0.336 e. The number of nitrogens with one attached hydrogen (secondary N) is 2. The standard InChI is InChI=1S/C12H22N2O4/c1-18-12(17)10(15)8-14-11(16)5-4-9-3-2-6-13-7-9/h9-10,13,15H,2-8H2,1H3,(H,14,16). The molecule has 2 atom stereocenters. The third kappa shape index (κ3) is 5.46. The van der Waals surface area contributed by atoms with E-state index in [0.717, 1.165) is 32.4 Å². The van der Waals surface area contributed by atoms with Gasteiger partial charge in [0.2, 0.25) is 5.91 Å². The lowest BCUT2D eigenvalue weighted by Crippen LogP contribution is -2.37. The zero-order valence-corrected chi connectivity index (χ0v) is 10.8. The molecule has 18 heavy (non-hydrogen) atoms. The molecule has 0 aromatic carbocycles. The Kier molecular flexibility index (Phi) is 6.67. The van der Waals surface area contributed by atoms with E-state index in [1.54, 1.807) is 0 Å². The van der Waals surface area contributed by atoms with Crippen LogP contribution in [0.15, 0.2) is 0 Å². The van der Waals surface area contributed by atoms with E-state index in [9.17, 15) is 14.7 Å². The zero-order chi connectivity index (χ0) is 13.4. The number of ether oxygens (including phenoxy) is 1. The van der Waals surface area contributed by atoms with Crippen molar-refractivity contribution in [1.29, 1.82) is 0 Å². The molecular formula is C12H22N2O4. The van der Waals surface area contributed by atoms with Crippen molar-refractivity contribution in [2.45, 2.75) is 31.8 Å². The van der Waals surface area contributed by atoms with Gasteiger partial charge in [-0.05, 0) is 38.3 Å². The zero-order valence-electron chi connectivity index (χ0n) is 10.8. The van der Waals surface area contributed by atoms with Crippen LogP contribution in [-0.4, -0.2) is 49.8 Å². The van der Waals surface area contributed by atoms with Crippen LogP contribution in [0.1, 0.15) is 25.7 Å². The minimum Gasteiger partial charge on any atom is -0.467 e. The fraction of sp³-hybridized carbons (Fsp3) is 0.833. The molecule has 0 aromatic heterocycles. The summed E-state index contributed by atoms with van der Waals surface area (Å²) in [7, 11) is 1.20. The van der Waals surface area contributed by atoms with E-state index in [0.29, 0.717) is 12.3 Å². The summed E-state index contributed by atoms with van der Waals surface area (Å²) in [6, 6.07) is 0. The average Bonchev–Trinajstić information content (AvgIpc) is 2.42. The molecule has 0 saturated carbocycles. The molecule has 0 aliphatic carbocycles. The Bertz CT molecular complexity index is 277. The Balaban J connectivity index is 2.11. The summed E-state index contributed by atoms with van der Waals surface area (Å²) < 4.78 is 4.35. The van der Waals surface area contributed by atoms with E-state index in [-0.39, 0.29) is 12.5 Å². The fourth-order valence-corrected chi connectivity index (χ4v) is 2.02. The smallest absolute Gasteiger partial charge is 0.336 e. The van der Waals surface area contributed by atoms with Gasteiger partial charge in [-0.2, -0.15) is 0 Å². The molecule has 6 heteroatoms. The van der Waals surface area contributed by atoms with Gasteiger partial charge in [0.15, 0.2) is 6.10 Å². The number of carbonyl (C=O) groups excluding carboxylic acids is 2. The number of carbonyl (C=O) groups is 2. The Hall–Kier alpha value is -1.14. The summed E-state index contributed by atoms with van der Waals surface area (Å²) in [6.07, 6.45) is 2.31. The van der Waals surface area contributed by atoms with Crippen molar-refractivity contribution in [1.82, 2.24) is 10.6 Å². The molecule has 1 rings (SSSR count). The predicted octanol–water partition coefficient (Wildman–Crippen LogP) is -0.584. The molecule has 1 saturated heterocycles. The lowest BCUT2D eigenvalue weighted by atomic mass is 9.94. The number of methoxy groups -OCH3 is 1. The van der Waals surface area contributed by atoms with E-state index in [1.807, 2.05) is 0 Å². The molecule has 1 fully saturated rings. The molecule has 1 heterocycles. The van der Waals surface area contributed by atoms with Gasteiger partial charge < -0.3 is 20.5 Å².